The molecule has 0 saturated heterocycles. The van der Waals surface area contributed by atoms with Crippen molar-refractivity contribution in [2.24, 2.45) is 5.92 Å². The van der Waals surface area contributed by atoms with Gasteiger partial charge in [0.05, 0.1) is 11.3 Å². The number of aromatic nitrogens is 1. The van der Waals surface area contributed by atoms with Crippen LogP contribution >= 0.6 is 0 Å². The van der Waals surface area contributed by atoms with Crippen molar-refractivity contribution in [3.8, 4) is 5.75 Å². The predicted octanol–water partition coefficient (Wildman–Crippen LogP) is 3.44. The Labute approximate surface area is 131 Å². The third-order valence-corrected chi connectivity index (χ3v) is 3.22. The number of carbonyl (C=O) groups excluding carboxylic acids is 1. The van der Waals surface area contributed by atoms with Gasteiger partial charge in [-0.1, -0.05) is 32.0 Å². The van der Waals surface area contributed by atoms with Gasteiger partial charge in [0, 0.05) is 12.7 Å². The summed E-state index contributed by atoms with van der Waals surface area (Å²) in [7, 11) is 0. The number of rotatable bonds is 7. The predicted molar refractivity (Wildman–Crippen MR) is 86.8 cm³/mol. The van der Waals surface area contributed by atoms with Crippen LogP contribution in [0.4, 0.5) is 0 Å². The number of pyridine rings is 1. The standard InChI is InChI=1S/C18H22N2O2/c1-14(2)10-11-19-18(21)15-8-9-16(20-12-15)13-22-17-6-4-3-5-7-17/h3-9,12,14H,10-11,13H2,1-2H3,(H,19,21). The Morgan fingerprint density at radius 3 is 2.59 bits per heavy atom. The van der Waals surface area contributed by atoms with E-state index in [-0.39, 0.29) is 5.91 Å². The maximum absolute atomic E-state index is 11.9. The molecular weight excluding hydrogens is 276 g/mol. The van der Waals surface area contributed by atoms with Gasteiger partial charge in [-0.15, -0.1) is 0 Å². The monoisotopic (exact) mass is 298 g/mol. The Hall–Kier alpha value is -2.36. The lowest BCUT2D eigenvalue weighted by Crippen LogP contribution is -2.25. The van der Waals surface area contributed by atoms with Gasteiger partial charge in [0.1, 0.15) is 12.4 Å². The van der Waals surface area contributed by atoms with Gasteiger partial charge in [0.15, 0.2) is 0 Å². The lowest BCUT2D eigenvalue weighted by molar-refractivity contribution is 0.0951. The third kappa shape index (κ3) is 5.20. The number of hydrogen-bond acceptors (Lipinski definition) is 3. The van der Waals surface area contributed by atoms with E-state index in [2.05, 4.69) is 24.1 Å². The fraction of sp³-hybridized carbons (Fsp3) is 0.333. The highest BCUT2D eigenvalue weighted by Gasteiger charge is 2.06. The summed E-state index contributed by atoms with van der Waals surface area (Å²) in [5, 5.41) is 2.90. The Kier molecular flexibility index (Phi) is 5.95. The molecule has 4 nitrogen and oxygen atoms in total. The molecule has 0 unspecified atom stereocenters. The van der Waals surface area contributed by atoms with Crippen LogP contribution in [0.2, 0.25) is 0 Å². The number of carbonyl (C=O) groups is 1. The van der Waals surface area contributed by atoms with Gasteiger partial charge in [-0.05, 0) is 36.6 Å². The van der Waals surface area contributed by atoms with Crippen molar-refractivity contribution in [2.45, 2.75) is 26.9 Å². The smallest absolute Gasteiger partial charge is 0.252 e. The molecule has 0 bridgehead atoms. The number of nitrogens with zero attached hydrogens (tertiary/aromatic N) is 1. The van der Waals surface area contributed by atoms with Crippen LogP contribution in [0.5, 0.6) is 5.75 Å². The first-order valence-electron chi connectivity index (χ1n) is 7.56. The van der Waals surface area contributed by atoms with Gasteiger partial charge in [-0.25, -0.2) is 0 Å². The van der Waals surface area contributed by atoms with E-state index >= 15 is 0 Å². The summed E-state index contributed by atoms with van der Waals surface area (Å²) in [6.45, 7) is 5.35. The van der Waals surface area contributed by atoms with E-state index < -0.39 is 0 Å². The molecule has 1 aromatic heterocycles. The molecule has 0 aliphatic carbocycles. The fourth-order valence-corrected chi connectivity index (χ4v) is 1.89. The molecule has 2 rings (SSSR count). The minimum absolute atomic E-state index is 0.0799. The van der Waals surface area contributed by atoms with E-state index in [4.69, 9.17) is 4.74 Å². The zero-order chi connectivity index (χ0) is 15.8. The SMILES string of the molecule is CC(C)CCNC(=O)c1ccc(COc2ccccc2)nc1. The maximum Gasteiger partial charge on any atom is 0.252 e. The van der Waals surface area contributed by atoms with Crippen LogP contribution in [0, 0.1) is 5.92 Å². The van der Waals surface area contributed by atoms with Crippen molar-refractivity contribution in [1.82, 2.24) is 10.3 Å². The zero-order valence-corrected chi connectivity index (χ0v) is 13.1. The Morgan fingerprint density at radius 1 is 1.18 bits per heavy atom. The van der Waals surface area contributed by atoms with E-state index in [1.165, 1.54) is 0 Å². The molecule has 0 fully saturated rings. The molecule has 1 amide bonds. The number of benzene rings is 1. The van der Waals surface area contributed by atoms with Crippen LogP contribution < -0.4 is 10.1 Å². The normalized spacial score (nSPS) is 10.5. The van der Waals surface area contributed by atoms with E-state index in [0.29, 0.717) is 24.6 Å². The molecule has 0 aliphatic heterocycles. The van der Waals surface area contributed by atoms with Crippen LogP contribution in [-0.4, -0.2) is 17.4 Å². The number of nitrogens with one attached hydrogen (secondary N) is 1. The molecule has 1 N–H and O–H groups in total. The summed E-state index contributed by atoms with van der Waals surface area (Å²) >= 11 is 0. The minimum atomic E-state index is -0.0799. The maximum atomic E-state index is 11.9. The summed E-state index contributed by atoms with van der Waals surface area (Å²) < 4.78 is 5.62. The van der Waals surface area contributed by atoms with Gasteiger partial charge >= 0.3 is 0 Å². The Bertz CT molecular complexity index is 580. The molecule has 0 spiro atoms. The molecule has 1 heterocycles. The number of para-hydroxylation sites is 1. The van der Waals surface area contributed by atoms with Crippen LogP contribution in [-0.2, 0) is 6.61 Å². The topological polar surface area (TPSA) is 51.2 Å². The quantitative estimate of drug-likeness (QED) is 0.852. The minimum Gasteiger partial charge on any atom is -0.487 e. The van der Waals surface area contributed by atoms with Gasteiger partial charge in [-0.2, -0.15) is 0 Å². The first-order valence-corrected chi connectivity index (χ1v) is 7.56. The largest absolute Gasteiger partial charge is 0.487 e. The highest BCUT2D eigenvalue weighted by atomic mass is 16.5. The highest BCUT2D eigenvalue weighted by molar-refractivity contribution is 5.93. The molecular formula is C18H22N2O2. The van der Waals surface area contributed by atoms with Crippen LogP contribution in [0.3, 0.4) is 0 Å². The molecule has 0 atom stereocenters. The lowest BCUT2D eigenvalue weighted by Gasteiger charge is -2.08. The van der Waals surface area contributed by atoms with Gasteiger partial charge in [-0.3, -0.25) is 9.78 Å². The summed E-state index contributed by atoms with van der Waals surface area (Å²) in [5.74, 6) is 1.31. The van der Waals surface area contributed by atoms with Crippen molar-refractivity contribution in [2.75, 3.05) is 6.54 Å². The number of amides is 1. The Balaban J connectivity index is 1.83. The van der Waals surface area contributed by atoms with Crippen molar-refractivity contribution in [3.05, 3.63) is 59.9 Å². The van der Waals surface area contributed by atoms with E-state index in [1.807, 2.05) is 36.4 Å². The van der Waals surface area contributed by atoms with Crippen molar-refractivity contribution in [3.63, 3.8) is 0 Å². The molecule has 116 valence electrons. The van der Waals surface area contributed by atoms with Crippen LogP contribution in [0.15, 0.2) is 48.7 Å². The molecule has 4 heteroatoms. The third-order valence-electron chi connectivity index (χ3n) is 3.22. The molecule has 2 aromatic rings. The van der Waals surface area contributed by atoms with Gasteiger partial charge in [0.2, 0.25) is 0 Å². The van der Waals surface area contributed by atoms with E-state index in [1.54, 1.807) is 12.3 Å². The van der Waals surface area contributed by atoms with E-state index in [0.717, 1.165) is 17.9 Å². The summed E-state index contributed by atoms with van der Waals surface area (Å²) in [5.41, 5.74) is 1.37. The average molecular weight is 298 g/mol. The molecule has 0 saturated carbocycles. The average Bonchev–Trinajstić information content (AvgIpc) is 2.54. The highest BCUT2D eigenvalue weighted by Crippen LogP contribution is 2.11. The van der Waals surface area contributed by atoms with Crippen molar-refractivity contribution in [1.29, 1.82) is 0 Å². The summed E-state index contributed by atoms with van der Waals surface area (Å²) in [4.78, 5) is 16.2. The second-order valence-corrected chi connectivity index (χ2v) is 5.58. The zero-order valence-electron chi connectivity index (χ0n) is 13.1. The molecule has 1 aromatic carbocycles. The first-order chi connectivity index (χ1) is 10.6. The molecule has 0 aliphatic rings. The van der Waals surface area contributed by atoms with Crippen molar-refractivity contribution < 1.29 is 9.53 Å². The van der Waals surface area contributed by atoms with Gasteiger partial charge in [0.25, 0.3) is 5.91 Å². The fourth-order valence-electron chi connectivity index (χ4n) is 1.89. The Morgan fingerprint density at radius 2 is 1.95 bits per heavy atom. The van der Waals surface area contributed by atoms with Crippen LogP contribution in [0.1, 0.15) is 36.3 Å². The van der Waals surface area contributed by atoms with Gasteiger partial charge < -0.3 is 10.1 Å². The lowest BCUT2D eigenvalue weighted by atomic mass is 10.1. The first kappa shape index (κ1) is 16.0. The number of hydrogen-bond donors (Lipinski definition) is 1. The second-order valence-electron chi connectivity index (χ2n) is 5.58. The van der Waals surface area contributed by atoms with E-state index in [9.17, 15) is 4.79 Å². The molecule has 22 heavy (non-hydrogen) atoms. The second kappa shape index (κ2) is 8.17. The van der Waals surface area contributed by atoms with Crippen molar-refractivity contribution >= 4 is 5.91 Å². The summed E-state index contributed by atoms with van der Waals surface area (Å²) in [6.07, 6.45) is 2.57. The number of ether oxygens (including phenoxy) is 1. The summed E-state index contributed by atoms with van der Waals surface area (Å²) in [6, 6.07) is 13.2. The molecule has 0 radical (unpaired) electrons. The van der Waals surface area contributed by atoms with Crippen LogP contribution in [0.25, 0.3) is 0 Å².